The van der Waals surface area contributed by atoms with Crippen molar-refractivity contribution in [2.45, 2.75) is 26.7 Å². The predicted octanol–water partition coefficient (Wildman–Crippen LogP) is 6.98. The fourth-order valence-corrected chi connectivity index (χ4v) is 3.31. The van der Waals surface area contributed by atoms with Gasteiger partial charge in [-0.1, -0.05) is 92.9 Å². The van der Waals surface area contributed by atoms with Crippen LogP contribution in [0.5, 0.6) is 0 Å². The van der Waals surface area contributed by atoms with Crippen LogP contribution in [0.25, 0.3) is 34.8 Å². The van der Waals surface area contributed by atoms with E-state index in [0.29, 0.717) is 0 Å². The summed E-state index contributed by atoms with van der Waals surface area (Å²) in [4.78, 5) is 0. The van der Waals surface area contributed by atoms with E-state index in [0.717, 1.165) is 52.4 Å². The molecule has 1 aromatic heterocycles. The van der Waals surface area contributed by atoms with E-state index < -0.39 is 0 Å². The van der Waals surface area contributed by atoms with Crippen LogP contribution in [0.2, 0.25) is 0 Å². The Bertz CT molecular complexity index is 1050. The summed E-state index contributed by atoms with van der Waals surface area (Å²) in [6.45, 7) is 12.2. The summed E-state index contributed by atoms with van der Waals surface area (Å²) in [5.41, 5.74) is 5.14. The summed E-state index contributed by atoms with van der Waals surface area (Å²) in [5, 5.41) is 9.11. The van der Waals surface area contributed by atoms with Crippen molar-refractivity contribution in [3.63, 3.8) is 0 Å². The summed E-state index contributed by atoms with van der Waals surface area (Å²) >= 11 is 0. The van der Waals surface area contributed by atoms with E-state index in [9.17, 15) is 0 Å². The van der Waals surface area contributed by atoms with Crippen LogP contribution in [0.1, 0.15) is 43.6 Å². The van der Waals surface area contributed by atoms with Crippen molar-refractivity contribution >= 4 is 17.7 Å². The summed E-state index contributed by atoms with van der Waals surface area (Å²) in [6.07, 6.45) is 12.2. The average Bonchev–Trinajstić information content (AvgIpc) is 3.21. The SMILES string of the molecule is C=Cc1cccc(-n2c(/C(C)=C/C/C=C\CC)nnc2-c2ccccc2)c1C=C. The molecular weight excluding hydrogens is 354 g/mol. The van der Waals surface area contributed by atoms with Crippen molar-refractivity contribution in [3.05, 3.63) is 96.9 Å². The van der Waals surface area contributed by atoms with Gasteiger partial charge < -0.3 is 0 Å². The smallest absolute Gasteiger partial charge is 0.168 e. The predicted molar refractivity (Wildman–Crippen MR) is 125 cm³/mol. The number of nitrogens with zero attached hydrogens (tertiary/aromatic N) is 3. The quantitative estimate of drug-likeness (QED) is 0.394. The molecule has 0 saturated heterocycles. The minimum absolute atomic E-state index is 0.807. The molecule has 1 heterocycles. The zero-order valence-electron chi connectivity index (χ0n) is 17.2. The van der Waals surface area contributed by atoms with Gasteiger partial charge in [-0.15, -0.1) is 10.2 Å². The third kappa shape index (κ3) is 4.35. The monoisotopic (exact) mass is 381 g/mol. The highest BCUT2D eigenvalue weighted by Gasteiger charge is 2.19. The largest absolute Gasteiger partial charge is 0.275 e. The van der Waals surface area contributed by atoms with E-state index in [1.165, 1.54) is 0 Å². The molecule has 0 amide bonds. The van der Waals surface area contributed by atoms with Gasteiger partial charge in [0.15, 0.2) is 11.6 Å². The van der Waals surface area contributed by atoms with Gasteiger partial charge in [0, 0.05) is 11.1 Å². The first kappa shape index (κ1) is 20.3. The second kappa shape index (κ2) is 9.65. The molecule has 3 rings (SSSR count). The van der Waals surface area contributed by atoms with E-state index in [2.05, 4.69) is 78.2 Å². The minimum atomic E-state index is 0.807. The number of aromatic nitrogens is 3. The van der Waals surface area contributed by atoms with E-state index in [1.807, 2.05) is 42.5 Å². The van der Waals surface area contributed by atoms with Gasteiger partial charge in [0.1, 0.15) is 0 Å². The summed E-state index contributed by atoms with van der Waals surface area (Å²) < 4.78 is 2.12. The zero-order valence-corrected chi connectivity index (χ0v) is 17.2. The highest BCUT2D eigenvalue weighted by molar-refractivity contribution is 5.75. The second-order valence-electron chi connectivity index (χ2n) is 6.74. The molecule has 0 spiro atoms. The Balaban J connectivity index is 2.23. The van der Waals surface area contributed by atoms with E-state index in [-0.39, 0.29) is 0 Å². The van der Waals surface area contributed by atoms with Crippen LogP contribution < -0.4 is 0 Å². The summed E-state index contributed by atoms with van der Waals surface area (Å²) in [5.74, 6) is 1.64. The molecule has 0 aliphatic heterocycles. The van der Waals surface area contributed by atoms with Gasteiger partial charge in [-0.2, -0.15) is 0 Å². The lowest BCUT2D eigenvalue weighted by Gasteiger charge is -2.15. The second-order valence-corrected chi connectivity index (χ2v) is 6.74. The Morgan fingerprint density at radius 3 is 2.45 bits per heavy atom. The van der Waals surface area contributed by atoms with Crippen LogP contribution >= 0.6 is 0 Å². The number of rotatable bonds is 8. The standard InChI is InChI=1S/C26H27N3/c1-5-8-9-11-15-20(4)25-27-28-26(22-16-12-10-13-17-22)29(25)24-19-14-18-21(6-2)23(24)7-3/h6-10,12-19H,2-3,5,11H2,1,4H3/b9-8-,20-15+. The van der Waals surface area contributed by atoms with Crippen molar-refractivity contribution in [1.82, 2.24) is 14.8 Å². The third-order valence-corrected chi connectivity index (χ3v) is 4.79. The third-order valence-electron chi connectivity index (χ3n) is 4.79. The van der Waals surface area contributed by atoms with Gasteiger partial charge in [-0.25, -0.2) is 0 Å². The Morgan fingerprint density at radius 2 is 1.76 bits per heavy atom. The fraction of sp³-hybridized carbons (Fsp3) is 0.154. The lowest BCUT2D eigenvalue weighted by Crippen LogP contribution is -2.05. The Kier molecular flexibility index (Phi) is 6.75. The van der Waals surface area contributed by atoms with Crippen molar-refractivity contribution < 1.29 is 0 Å². The number of hydrogen-bond donors (Lipinski definition) is 0. The first-order chi connectivity index (χ1) is 14.2. The van der Waals surface area contributed by atoms with Crippen LogP contribution in [0.4, 0.5) is 0 Å². The summed E-state index contributed by atoms with van der Waals surface area (Å²) in [7, 11) is 0. The molecule has 29 heavy (non-hydrogen) atoms. The molecule has 0 aliphatic rings. The van der Waals surface area contributed by atoms with E-state index in [1.54, 1.807) is 0 Å². The Labute approximate surface area is 173 Å². The maximum Gasteiger partial charge on any atom is 0.168 e. The lowest BCUT2D eigenvalue weighted by molar-refractivity contribution is 1.02. The van der Waals surface area contributed by atoms with Gasteiger partial charge in [-0.3, -0.25) is 4.57 Å². The van der Waals surface area contributed by atoms with Crippen molar-refractivity contribution in [1.29, 1.82) is 0 Å². The highest BCUT2D eigenvalue weighted by Crippen LogP contribution is 2.30. The first-order valence-corrected chi connectivity index (χ1v) is 9.92. The molecule has 0 atom stereocenters. The number of benzene rings is 2. The molecular formula is C26H27N3. The van der Waals surface area contributed by atoms with Crippen molar-refractivity contribution in [2.24, 2.45) is 0 Å². The molecule has 2 aromatic carbocycles. The van der Waals surface area contributed by atoms with Crippen LogP contribution in [0.3, 0.4) is 0 Å². The van der Waals surface area contributed by atoms with Crippen molar-refractivity contribution in [2.75, 3.05) is 0 Å². The first-order valence-electron chi connectivity index (χ1n) is 9.92. The average molecular weight is 382 g/mol. The number of allylic oxidation sites excluding steroid dienone is 4. The van der Waals surface area contributed by atoms with Gasteiger partial charge in [0.2, 0.25) is 0 Å². The molecule has 3 heteroatoms. The zero-order chi connectivity index (χ0) is 20.6. The molecule has 0 unspecified atom stereocenters. The van der Waals surface area contributed by atoms with Crippen LogP contribution in [-0.4, -0.2) is 14.8 Å². The topological polar surface area (TPSA) is 30.7 Å². The van der Waals surface area contributed by atoms with Crippen molar-refractivity contribution in [3.8, 4) is 17.1 Å². The maximum atomic E-state index is 4.56. The molecule has 0 fully saturated rings. The Hall–Kier alpha value is -3.46. The highest BCUT2D eigenvalue weighted by atomic mass is 15.3. The van der Waals surface area contributed by atoms with Crippen LogP contribution in [0.15, 0.2) is 79.9 Å². The molecule has 0 saturated carbocycles. The van der Waals surface area contributed by atoms with Gasteiger partial charge in [0.05, 0.1) is 5.69 Å². The molecule has 3 nitrogen and oxygen atoms in total. The minimum Gasteiger partial charge on any atom is -0.275 e. The van der Waals surface area contributed by atoms with E-state index >= 15 is 0 Å². The molecule has 0 aliphatic carbocycles. The fourth-order valence-electron chi connectivity index (χ4n) is 3.31. The van der Waals surface area contributed by atoms with Gasteiger partial charge in [-0.05, 0) is 37.0 Å². The molecule has 146 valence electrons. The van der Waals surface area contributed by atoms with Crippen LogP contribution in [0, 0.1) is 0 Å². The van der Waals surface area contributed by atoms with Gasteiger partial charge >= 0.3 is 0 Å². The Morgan fingerprint density at radius 1 is 0.966 bits per heavy atom. The molecule has 0 N–H and O–H groups in total. The van der Waals surface area contributed by atoms with E-state index in [4.69, 9.17) is 0 Å². The molecule has 0 radical (unpaired) electrons. The maximum absolute atomic E-state index is 4.56. The van der Waals surface area contributed by atoms with Crippen LogP contribution in [-0.2, 0) is 0 Å². The molecule has 0 bridgehead atoms. The van der Waals surface area contributed by atoms with Gasteiger partial charge in [0.25, 0.3) is 0 Å². The number of hydrogen-bond acceptors (Lipinski definition) is 2. The molecule has 3 aromatic rings. The summed E-state index contributed by atoms with van der Waals surface area (Å²) in [6, 6.07) is 16.3. The normalized spacial score (nSPS) is 11.7. The lowest BCUT2D eigenvalue weighted by atomic mass is 10.0.